The second-order valence-electron chi connectivity index (χ2n) is 2.95. The smallest absolute Gasteiger partial charge is 0.339 e. The molecule has 0 aliphatic rings. The number of halogens is 1. The molecule has 0 radical (unpaired) electrons. The predicted molar refractivity (Wildman–Crippen MR) is 52.7 cm³/mol. The number of hydrogen-bond donors (Lipinski definition) is 3. The van der Waals surface area contributed by atoms with Crippen molar-refractivity contribution in [1.29, 1.82) is 0 Å². The summed E-state index contributed by atoms with van der Waals surface area (Å²) in [4.78, 5) is 10.7. The second-order valence-corrected chi connectivity index (χ2v) is 3.36. The van der Waals surface area contributed by atoms with Crippen molar-refractivity contribution >= 4 is 17.6 Å². The third-order valence-electron chi connectivity index (χ3n) is 1.85. The molecule has 5 heteroatoms. The molecule has 0 amide bonds. The SMILES string of the molecule is C[C@H](N)c1c(Cl)ccc(C(=O)O)c1O. The number of benzene rings is 1. The Morgan fingerprint density at radius 2 is 2.14 bits per heavy atom. The number of carboxylic acids is 1. The Hall–Kier alpha value is -1.26. The largest absolute Gasteiger partial charge is 0.507 e. The Morgan fingerprint density at radius 1 is 1.57 bits per heavy atom. The van der Waals surface area contributed by atoms with Gasteiger partial charge in [-0.3, -0.25) is 0 Å². The molecule has 0 unspecified atom stereocenters. The fraction of sp³-hybridized carbons (Fsp3) is 0.222. The van der Waals surface area contributed by atoms with E-state index in [1.54, 1.807) is 6.92 Å². The van der Waals surface area contributed by atoms with Gasteiger partial charge in [-0.1, -0.05) is 11.6 Å². The molecule has 0 saturated heterocycles. The Balaban J connectivity index is 3.41. The van der Waals surface area contributed by atoms with Gasteiger partial charge in [0.25, 0.3) is 0 Å². The highest BCUT2D eigenvalue weighted by Gasteiger charge is 2.18. The monoisotopic (exact) mass is 215 g/mol. The first-order valence-electron chi connectivity index (χ1n) is 3.95. The van der Waals surface area contributed by atoms with Crippen LogP contribution in [0, 0.1) is 0 Å². The van der Waals surface area contributed by atoms with Crippen molar-refractivity contribution in [1.82, 2.24) is 0 Å². The number of hydrogen-bond acceptors (Lipinski definition) is 3. The van der Waals surface area contributed by atoms with E-state index in [1.807, 2.05) is 0 Å². The zero-order chi connectivity index (χ0) is 10.9. The molecule has 1 aromatic carbocycles. The summed E-state index contributed by atoms with van der Waals surface area (Å²) in [5.74, 6) is -1.57. The van der Waals surface area contributed by atoms with Crippen LogP contribution in [0.4, 0.5) is 0 Å². The zero-order valence-corrected chi connectivity index (χ0v) is 8.25. The van der Waals surface area contributed by atoms with Crippen molar-refractivity contribution in [2.24, 2.45) is 5.73 Å². The van der Waals surface area contributed by atoms with E-state index in [1.165, 1.54) is 12.1 Å². The molecule has 0 aliphatic heterocycles. The van der Waals surface area contributed by atoms with Crippen LogP contribution in [-0.2, 0) is 0 Å². The van der Waals surface area contributed by atoms with E-state index in [-0.39, 0.29) is 21.9 Å². The Labute approximate surface area is 85.9 Å². The maximum Gasteiger partial charge on any atom is 0.339 e. The molecule has 76 valence electrons. The Kier molecular flexibility index (Phi) is 2.98. The van der Waals surface area contributed by atoms with Crippen molar-refractivity contribution in [2.45, 2.75) is 13.0 Å². The quantitative estimate of drug-likeness (QED) is 0.702. The zero-order valence-electron chi connectivity index (χ0n) is 7.49. The summed E-state index contributed by atoms with van der Waals surface area (Å²) in [6.07, 6.45) is 0. The van der Waals surface area contributed by atoms with Gasteiger partial charge in [0.15, 0.2) is 0 Å². The van der Waals surface area contributed by atoms with Crippen LogP contribution in [0.1, 0.15) is 28.9 Å². The standard InChI is InChI=1S/C9H10ClNO3/c1-4(11)7-6(10)3-2-5(8(7)12)9(13)14/h2-4,12H,11H2,1H3,(H,13,14)/t4-/m0/s1. The third-order valence-corrected chi connectivity index (χ3v) is 2.18. The first-order valence-corrected chi connectivity index (χ1v) is 4.33. The first kappa shape index (κ1) is 10.8. The van der Waals surface area contributed by atoms with Crippen LogP contribution in [0.5, 0.6) is 5.75 Å². The summed E-state index contributed by atoms with van der Waals surface area (Å²) in [5.41, 5.74) is 5.61. The molecule has 0 spiro atoms. The predicted octanol–water partition coefficient (Wildman–Crippen LogP) is 1.76. The number of aromatic hydroxyl groups is 1. The fourth-order valence-electron chi connectivity index (χ4n) is 1.19. The summed E-state index contributed by atoms with van der Waals surface area (Å²) in [6.45, 7) is 1.62. The molecule has 1 atom stereocenters. The number of aromatic carboxylic acids is 1. The molecule has 1 rings (SSSR count). The lowest BCUT2D eigenvalue weighted by atomic mass is 10.0. The number of carbonyl (C=O) groups is 1. The first-order chi connectivity index (χ1) is 6.45. The average molecular weight is 216 g/mol. The van der Waals surface area contributed by atoms with E-state index in [9.17, 15) is 9.90 Å². The van der Waals surface area contributed by atoms with E-state index in [0.717, 1.165) is 0 Å². The molecule has 0 fully saturated rings. The average Bonchev–Trinajstić information content (AvgIpc) is 2.02. The summed E-state index contributed by atoms with van der Waals surface area (Å²) in [5, 5.41) is 18.6. The van der Waals surface area contributed by atoms with Gasteiger partial charge in [0.05, 0.1) is 0 Å². The molecule has 14 heavy (non-hydrogen) atoms. The second kappa shape index (κ2) is 3.86. The van der Waals surface area contributed by atoms with Crippen LogP contribution in [0.3, 0.4) is 0 Å². The van der Waals surface area contributed by atoms with Gasteiger partial charge in [-0.25, -0.2) is 4.79 Å². The molecule has 0 aliphatic carbocycles. The number of rotatable bonds is 2. The summed E-state index contributed by atoms with van der Waals surface area (Å²) >= 11 is 5.77. The van der Waals surface area contributed by atoms with Crippen LogP contribution in [-0.4, -0.2) is 16.2 Å². The number of phenols is 1. The maximum atomic E-state index is 10.7. The minimum Gasteiger partial charge on any atom is -0.507 e. The number of carboxylic acid groups (broad SMARTS) is 1. The van der Waals surface area contributed by atoms with Crippen molar-refractivity contribution in [3.63, 3.8) is 0 Å². The molecular formula is C9H10ClNO3. The van der Waals surface area contributed by atoms with Gasteiger partial charge in [0.2, 0.25) is 0 Å². The highest BCUT2D eigenvalue weighted by Crippen LogP contribution is 2.33. The highest BCUT2D eigenvalue weighted by atomic mass is 35.5. The molecule has 0 bridgehead atoms. The van der Waals surface area contributed by atoms with Crippen LogP contribution in [0.25, 0.3) is 0 Å². The molecule has 4 N–H and O–H groups in total. The van der Waals surface area contributed by atoms with E-state index < -0.39 is 12.0 Å². The Morgan fingerprint density at radius 3 is 2.57 bits per heavy atom. The minimum atomic E-state index is -1.21. The summed E-state index contributed by atoms with van der Waals surface area (Å²) < 4.78 is 0. The van der Waals surface area contributed by atoms with E-state index in [4.69, 9.17) is 22.4 Å². The van der Waals surface area contributed by atoms with Crippen molar-refractivity contribution in [3.8, 4) is 5.75 Å². The van der Waals surface area contributed by atoms with Gasteiger partial charge in [-0.2, -0.15) is 0 Å². The summed E-state index contributed by atoms with van der Waals surface area (Å²) in [6, 6.07) is 2.14. The molecule has 0 aromatic heterocycles. The van der Waals surface area contributed by atoms with Crippen molar-refractivity contribution in [3.05, 3.63) is 28.3 Å². The lowest BCUT2D eigenvalue weighted by Crippen LogP contribution is -2.08. The molecule has 0 heterocycles. The van der Waals surface area contributed by atoms with Crippen LogP contribution in [0.15, 0.2) is 12.1 Å². The highest BCUT2D eigenvalue weighted by molar-refractivity contribution is 6.31. The summed E-state index contributed by atoms with van der Waals surface area (Å²) in [7, 11) is 0. The molecule has 1 aromatic rings. The van der Waals surface area contributed by atoms with E-state index in [0.29, 0.717) is 0 Å². The van der Waals surface area contributed by atoms with E-state index in [2.05, 4.69) is 0 Å². The third kappa shape index (κ3) is 1.81. The van der Waals surface area contributed by atoms with Gasteiger partial charge in [0, 0.05) is 16.6 Å². The van der Waals surface area contributed by atoms with Gasteiger partial charge >= 0.3 is 5.97 Å². The van der Waals surface area contributed by atoms with Crippen LogP contribution >= 0.6 is 11.6 Å². The lowest BCUT2D eigenvalue weighted by molar-refractivity contribution is 0.0693. The van der Waals surface area contributed by atoms with Gasteiger partial charge < -0.3 is 15.9 Å². The maximum absolute atomic E-state index is 10.7. The topological polar surface area (TPSA) is 83.6 Å². The number of nitrogens with two attached hydrogens (primary N) is 1. The molecule has 4 nitrogen and oxygen atoms in total. The van der Waals surface area contributed by atoms with Gasteiger partial charge in [-0.05, 0) is 19.1 Å². The van der Waals surface area contributed by atoms with Gasteiger partial charge in [0.1, 0.15) is 11.3 Å². The van der Waals surface area contributed by atoms with Crippen molar-refractivity contribution < 1.29 is 15.0 Å². The van der Waals surface area contributed by atoms with E-state index >= 15 is 0 Å². The Bertz CT molecular complexity index is 377. The van der Waals surface area contributed by atoms with Crippen LogP contribution in [0.2, 0.25) is 5.02 Å². The molecular weight excluding hydrogens is 206 g/mol. The van der Waals surface area contributed by atoms with Gasteiger partial charge in [-0.15, -0.1) is 0 Å². The molecule has 0 saturated carbocycles. The normalized spacial score (nSPS) is 12.5. The van der Waals surface area contributed by atoms with Crippen LogP contribution < -0.4 is 5.73 Å². The minimum absolute atomic E-state index is 0.193. The lowest BCUT2D eigenvalue weighted by Gasteiger charge is -2.12. The van der Waals surface area contributed by atoms with Crippen molar-refractivity contribution in [2.75, 3.05) is 0 Å². The fourth-order valence-corrected chi connectivity index (χ4v) is 1.51.